The lowest BCUT2D eigenvalue weighted by Gasteiger charge is -2.27. The summed E-state index contributed by atoms with van der Waals surface area (Å²) in [5, 5.41) is 12.3. The Labute approximate surface area is 202 Å². The number of nitrogens with two attached hydrogens (primary N) is 1. The lowest BCUT2D eigenvalue weighted by atomic mass is 9.85. The van der Waals surface area contributed by atoms with Gasteiger partial charge in [-0.25, -0.2) is 4.39 Å². The van der Waals surface area contributed by atoms with Crippen molar-refractivity contribution in [2.75, 3.05) is 11.9 Å². The maximum Gasteiger partial charge on any atom is 0.417 e. The molecule has 0 saturated carbocycles. The van der Waals surface area contributed by atoms with E-state index in [9.17, 15) is 36.6 Å². The van der Waals surface area contributed by atoms with Crippen molar-refractivity contribution >= 4 is 17.5 Å². The molecule has 1 saturated heterocycles. The van der Waals surface area contributed by atoms with Crippen LogP contribution in [0.2, 0.25) is 0 Å². The molecule has 4 N–H and O–H groups in total. The van der Waals surface area contributed by atoms with Gasteiger partial charge in [0.15, 0.2) is 17.2 Å². The molecule has 2 aromatic rings. The largest absolute Gasteiger partial charge is 0.487 e. The van der Waals surface area contributed by atoms with Crippen molar-refractivity contribution in [3.05, 3.63) is 53.4 Å². The predicted octanol–water partition coefficient (Wildman–Crippen LogP) is 3.44. The molecule has 0 radical (unpaired) electrons. The van der Waals surface area contributed by atoms with E-state index in [1.807, 2.05) is 0 Å². The first kappa shape index (κ1) is 27.3. The van der Waals surface area contributed by atoms with Gasteiger partial charge in [-0.3, -0.25) is 14.6 Å². The lowest BCUT2D eigenvalue weighted by molar-refractivity contribution is -0.261. The third-order valence-corrected chi connectivity index (χ3v) is 5.55. The Hall–Kier alpha value is -3.32. The van der Waals surface area contributed by atoms with Crippen molar-refractivity contribution in [2.24, 2.45) is 5.73 Å². The zero-order valence-electron chi connectivity index (χ0n) is 19.5. The van der Waals surface area contributed by atoms with Gasteiger partial charge < -0.3 is 25.6 Å². The fraction of sp³-hybridized carbons (Fsp3) is 0.435. The number of halogens is 5. The monoisotopic (exact) mass is 517 g/mol. The third kappa shape index (κ3) is 5.73. The number of rotatable bonds is 7. The zero-order valence-corrected chi connectivity index (χ0v) is 19.5. The molecule has 2 heterocycles. The number of aromatic nitrogens is 1. The van der Waals surface area contributed by atoms with Crippen LogP contribution in [0.5, 0.6) is 5.75 Å². The molecule has 1 aromatic heterocycles. The van der Waals surface area contributed by atoms with Crippen LogP contribution in [0.25, 0.3) is 0 Å². The smallest absolute Gasteiger partial charge is 0.417 e. The van der Waals surface area contributed by atoms with Gasteiger partial charge in [-0.1, -0.05) is 6.07 Å². The number of carbonyl (C=O) groups excluding carboxylic acids is 2. The number of pyridine rings is 1. The molecular formula is C23H24F5N3O5. The Morgan fingerprint density at radius 1 is 1.28 bits per heavy atom. The average molecular weight is 517 g/mol. The Balaban J connectivity index is 2.04. The number of alkyl halides is 3. The van der Waals surface area contributed by atoms with Crippen molar-refractivity contribution in [1.82, 2.24) is 4.98 Å². The first-order valence-electron chi connectivity index (χ1n) is 10.7. The second-order valence-electron chi connectivity index (χ2n) is 9.24. The van der Waals surface area contributed by atoms with Gasteiger partial charge in [-0.05, 0) is 45.4 Å². The van der Waals surface area contributed by atoms with Crippen LogP contribution in [0.1, 0.15) is 49.2 Å². The van der Waals surface area contributed by atoms with Crippen molar-refractivity contribution in [2.45, 2.75) is 56.6 Å². The molecule has 36 heavy (non-hydrogen) atoms. The molecule has 3 rings (SSSR count). The van der Waals surface area contributed by atoms with Crippen molar-refractivity contribution in [1.29, 1.82) is 0 Å². The van der Waals surface area contributed by atoms with Crippen LogP contribution < -0.4 is 15.8 Å². The Kier molecular flexibility index (Phi) is 7.29. The molecule has 8 nitrogen and oxygen atoms in total. The first-order chi connectivity index (χ1) is 16.5. The quantitative estimate of drug-likeness (QED) is 0.484. The summed E-state index contributed by atoms with van der Waals surface area (Å²) in [6, 6.07) is 4.09. The minimum atomic E-state index is -4.91. The van der Waals surface area contributed by atoms with E-state index < -0.39 is 71.6 Å². The predicted molar refractivity (Wildman–Crippen MR) is 116 cm³/mol. The van der Waals surface area contributed by atoms with E-state index in [2.05, 4.69) is 10.3 Å². The van der Waals surface area contributed by atoms with Crippen LogP contribution in [-0.2, 0) is 9.53 Å². The Morgan fingerprint density at radius 3 is 2.53 bits per heavy atom. The molecule has 1 aliphatic heterocycles. The number of hydrogen-bond acceptors (Lipinski definition) is 6. The Morgan fingerprint density at radius 2 is 1.94 bits per heavy atom. The van der Waals surface area contributed by atoms with Gasteiger partial charge in [-0.2, -0.15) is 17.6 Å². The van der Waals surface area contributed by atoms with Crippen LogP contribution in [0.4, 0.5) is 27.6 Å². The maximum absolute atomic E-state index is 14.7. The molecular weight excluding hydrogens is 493 g/mol. The summed E-state index contributed by atoms with van der Waals surface area (Å²) in [6.07, 6.45) is -6.40. The van der Waals surface area contributed by atoms with Crippen LogP contribution in [0, 0.1) is 11.6 Å². The highest BCUT2D eigenvalue weighted by atomic mass is 19.4. The van der Waals surface area contributed by atoms with E-state index in [1.165, 1.54) is 19.9 Å². The number of carbonyl (C=O) groups is 2. The molecule has 2 amide bonds. The summed E-state index contributed by atoms with van der Waals surface area (Å²) in [5.74, 6) is -6.94. The number of nitrogens with zero attached hydrogens (tertiary/aromatic N) is 1. The van der Waals surface area contributed by atoms with Gasteiger partial charge in [0.1, 0.15) is 18.4 Å². The average Bonchev–Trinajstić information content (AvgIpc) is 3.13. The fourth-order valence-electron chi connectivity index (χ4n) is 3.72. The zero-order chi connectivity index (χ0) is 27.1. The van der Waals surface area contributed by atoms with Gasteiger partial charge in [0.05, 0.1) is 5.60 Å². The standard InChI is InChI=1S/C23H24F5N3O5/c1-21(2,34)10-35-17-12(4-5-14(24)16(17)25)13-9-22(3,23(26,27)28)36-18(13)20(33)31-11-6-7-30-15(8-11)19(29)32/h4-8,13,18,34H,9-10H2,1-3H3,(H2,29,32)(H,30,31,33)/t13-,18+,22+/m0/s1. The second-order valence-corrected chi connectivity index (χ2v) is 9.24. The van der Waals surface area contributed by atoms with Crippen molar-refractivity contribution in [3.63, 3.8) is 0 Å². The number of anilines is 1. The lowest BCUT2D eigenvalue weighted by Crippen LogP contribution is -2.43. The number of benzene rings is 1. The topological polar surface area (TPSA) is 124 Å². The summed E-state index contributed by atoms with van der Waals surface area (Å²) in [6.45, 7) is 2.87. The van der Waals surface area contributed by atoms with E-state index in [4.69, 9.17) is 15.2 Å². The van der Waals surface area contributed by atoms with Gasteiger partial charge in [-0.15, -0.1) is 0 Å². The third-order valence-electron chi connectivity index (χ3n) is 5.55. The fourth-order valence-corrected chi connectivity index (χ4v) is 3.72. The molecule has 1 fully saturated rings. The molecule has 0 unspecified atom stereocenters. The minimum Gasteiger partial charge on any atom is -0.487 e. The number of ether oxygens (including phenoxy) is 2. The normalized spacial score (nSPS) is 22.4. The molecule has 3 atom stereocenters. The highest BCUT2D eigenvalue weighted by molar-refractivity contribution is 5.97. The summed E-state index contributed by atoms with van der Waals surface area (Å²) < 4.78 is 80.8. The van der Waals surface area contributed by atoms with E-state index in [-0.39, 0.29) is 16.9 Å². The molecule has 0 aliphatic carbocycles. The van der Waals surface area contributed by atoms with Gasteiger partial charge in [0, 0.05) is 23.4 Å². The van der Waals surface area contributed by atoms with Gasteiger partial charge in [0.25, 0.3) is 11.8 Å². The van der Waals surface area contributed by atoms with Crippen molar-refractivity contribution < 1.29 is 46.1 Å². The van der Waals surface area contributed by atoms with Crippen LogP contribution >= 0.6 is 0 Å². The summed E-state index contributed by atoms with van der Waals surface area (Å²) in [5.41, 5.74) is 0.396. The van der Waals surface area contributed by atoms with E-state index in [1.54, 1.807) is 0 Å². The van der Waals surface area contributed by atoms with E-state index in [0.29, 0.717) is 6.07 Å². The second kappa shape index (κ2) is 9.62. The highest BCUT2D eigenvalue weighted by Gasteiger charge is 2.61. The minimum absolute atomic E-state index is 0.00412. The number of nitrogens with one attached hydrogen (secondary N) is 1. The Bertz CT molecular complexity index is 1170. The number of hydrogen-bond donors (Lipinski definition) is 3. The molecule has 196 valence electrons. The molecule has 1 aliphatic rings. The SMILES string of the molecule is CC(C)(O)COc1c([C@@H]2C[C@](C)(C(F)(F)F)O[C@H]2C(=O)Nc2ccnc(C(N)=O)c2)ccc(F)c1F. The number of aliphatic hydroxyl groups is 1. The van der Waals surface area contributed by atoms with E-state index >= 15 is 0 Å². The first-order valence-corrected chi connectivity index (χ1v) is 10.7. The summed E-state index contributed by atoms with van der Waals surface area (Å²) in [7, 11) is 0. The molecule has 0 spiro atoms. The van der Waals surface area contributed by atoms with Gasteiger partial charge in [0.2, 0.25) is 5.82 Å². The number of primary amides is 1. The maximum atomic E-state index is 14.7. The molecule has 1 aromatic carbocycles. The van der Waals surface area contributed by atoms with E-state index in [0.717, 1.165) is 25.3 Å². The highest BCUT2D eigenvalue weighted by Crippen LogP contribution is 2.51. The van der Waals surface area contributed by atoms with Crippen LogP contribution in [-0.4, -0.2) is 52.0 Å². The molecule has 13 heteroatoms. The van der Waals surface area contributed by atoms with Gasteiger partial charge >= 0.3 is 6.18 Å². The molecule has 0 bridgehead atoms. The summed E-state index contributed by atoms with van der Waals surface area (Å²) >= 11 is 0. The summed E-state index contributed by atoms with van der Waals surface area (Å²) in [4.78, 5) is 28.2. The number of amides is 2. The van der Waals surface area contributed by atoms with Crippen LogP contribution in [0.15, 0.2) is 30.5 Å². The van der Waals surface area contributed by atoms with Crippen molar-refractivity contribution in [3.8, 4) is 5.75 Å². The van der Waals surface area contributed by atoms with Crippen LogP contribution in [0.3, 0.4) is 0 Å².